The van der Waals surface area contributed by atoms with E-state index in [0.29, 0.717) is 5.92 Å². The van der Waals surface area contributed by atoms with Crippen molar-refractivity contribution in [3.05, 3.63) is 65.7 Å². The first-order valence-corrected chi connectivity index (χ1v) is 12.3. The molecule has 5 atom stereocenters. The summed E-state index contributed by atoms with van der Waals surface area (Å²) >= 11 is 0. The first-order valence-electron chi connectivity index (χ1n) is 12.3. The number of hydrogen-bond acceptors (Lipinski definition) is 5. The fourth-order valence-corrected chi connectivity index (χ4v) is 5.46. The minimum Gasteiger partial charge on any atom is -0.389 e. The van der Waals surface area contributed by atoms with Gasteiger partial charge in [-0.25, -0.2) is 4.79 Å². The van der Waals surface area contributed by atoms with Gasteiger partial charge in [0.15, 0.2) is 6.29 Å². The number of carbonyl (C=O) groups is 1. The number of aliphatic hydroxyl groups excluding tert-OH is 1. The summed E-state index contributed by atoms with van der Waals surface area (Å²) in [6, 6.07) is 12.9. The van der Waals surface area contributed by atoms with Gasteiger partial charge in [-0.15, -0.1) is 0 Å². The van der Waals surface area contributed by atoms with Gasteiger partial charge in [-0.1, -0.05) is 36.4 Å². The lowest BCUT2D eigenvalue weighted by Gasteiger charge is -2.46. The second-order valence-corrected chi connectivity index (χ2v) is 9.73. The fourth-order valence-electron chi connectivity index (χ4n) is 5.46. The molecule has 2 bridgehead atoms. The lowest BCUT2D eigenvalue weighted by atomic mass is 9.87. The van der Waals surface area contributed by atoms with Gasteiger partial charge in [-0.3, -0.25) is 4.90 Å². The maximum absolute atomic E-state index is 13.0. The second kappa shape index (κ2) is 10.4. The SMILES string of the molecule is O=C(Nc1cccc(C(F)(F)F)c1)NC1C2COC(O2)C(N2CCC(Cc3ccccc3)CC2)C1O. The first kappa shape index (κ1) is 25.0. The van der Waals surface area contributed by atoms with Crippen molar-refractivity contribution in [3.8, 4) is 0 Å². The summed E-state index contributed by atoms with van der Waals surface area (Å²) in [4.78, 5) is 14.8. The summed E-state index contributed by atoms with van der Waals surface area (Å²) in [7, 11) is 0. The smallest absolute Gasteiger partial charge is 0.389 e. The molecule has 3 N–H and O–H groups in total. The van der Waals surface area contributed by atoms with Crippen molar-refractivity contribution in [1.29, 1.82) is 0 Å². The molecule has 2 aromatic carbocycles. The Balaban J connectivity index is 1.20. The number of nitrogens with one attached hydrogen (secondary N) is 2. The number of likely N-dealkylation sites (tertiary alicyclic amines) is 1. The molecule has 3 aliphatic rings. The van der Waals surface area contributed by atoms with E-state index in [1.807, 2.05) is 18.2 Å². The van der Waals surface area contributed by atoms with Crippen LogP contribution in [0.15, 0.2) is 54.6 Å². The van der Waals surface area contributed by atoms with Crippen LogP contribution in [-0.4, -0.2) is 66.3 Å². The average molecular weight is 506 g/mol. The highest BCUT2D eigenvalue weighted by molar-refractivity contribution is 5.89. The topological polar surface area (TPSA) is 83.1 Å². The van der Waals surface area contributed by atoms with Crippen molar-refractivity contribution < 1.29 is 32.5 Å². The number of urea groups is 1. The van der Waals surface area contributed by atoms with Crippen molar-refractivity contribution in [2.24, 2.45) is 5.92 Å². The molecule has 7 nitrogen and oxygen atoms in total. The van der Waals surface area contributed by atoms with Gasteiger partial charge in [0, 0.05) is 5.69 Å². The number of ether oxygens (including phenoxy) is 2. The maximum Gasteiger partial charge on any atom is 0.416 e. The molecular formula is C26H30F3N3O4. The van der Waals surface area contributed by atoms with Crippen LogP contribution in [0.2, 0.25) is 0 Å². The van der Waals surface area contributed by atoms with E-state index in [1.165, 1.54) is 17.7 Å². The summed E-state index contributed by atoms with van der Waals surface area (Å²) < 4.78 is 50.7. The predicted octanol–water partition coefficient (Wildman–Crippen LogP) is 3.63. The van der Waals surface area contributed by atoms with E-state index in [9.17, 15) is 23.1 Å². The van der Waals surface area contributed by atoms with E-state index >= 15 is 0 Å². The number of alkyl halides is 3. The summed E-state index contributed by atoms with van der Waals surface area (Å²) in [5.74, 6) is 0.551. The molecular weight excluding hydrogens is 475 g/mol. The Morgan fingerprint density at radius 1 is 1.08 bits per heavy atom. The molecule has 194 valence electrons. The number of amides is 2. The third-order valence-corrected chi connectivity index (χ3v) is 7.31. The molecule has 2 aromatic rings. The van der Waals surface area contributed by atoms with Crippen molar-refractivity contribution in [1.82, 2.24) is 10.2 Å². The molecule has 3 heterocycles. The average Bonchev–Trinajstić information content (AvgIpc) is 3.28. The molecule has 10 heteroatoms. The van der Waals surface area contributed by atoms with Gasteiger partial charge in [-0.05, 0) is 62.0 Å². The van der Waals surface area contributed by atoms with E-state index in [-0.39, 0.29) is 12.3 Å². The van der Waals surface area contributed by atoms with E-state index in [4.69, 9.17) is 9.47 Å². The Hall–Kier alpha value is -2.66. The Bertz CT molecular complexity index is 1050. The van der Waals surface area contributed by atoms with Crippen molar-refractivity contribution >= 4 is 11.7 Å². The first-order chi connectivity index (χ1) is 17.3. The molecule has 5 rings (SSSR count). The van der Waals surface area contributed by atoms with Crippen LogP contribution in [0, 0.1) is 5.92 Å². The number of aliphatic hydroxyl groups is 1. The number of rotatable bonds is 5. The largest absolute Gasteiger partial charge is 0.416 e. The molecule has 0 spiro atoms. The Morgan fingerprint density at radius 3 is 2.56 bits per heavy atom. The molecule has 0 aromatic heterocycles. The molecule has 0 aliphatic carbocycles. The van der Waals surface area contributed by atoms with Gasteiger partial charge in [0.2, 0.25) is 0 Å². The lowest BCUT2D eigenvalue weighted by Crippen LogP contribution is -2.66. The second-order valence-electron chi connectivity index (χ2n) is 9.73. The van der Waals surface area contributed by atoms with Crippen LogP contribution in [0.4, 0.5) is 23.7 Å². The van der Waals surface area contributed by atoms with Crippen molar-refractivity contribution in [2.75, 3.05) is 25.0 Å². The van der Waals surface area contributed by atoms with Gasteiger partial charge in [0.05, 0.1) is 30.4 Å². The van der Waals surface area contributed by atoms with E-state index in [1.54, 1.807) is 0 Å². The summed E-state index contributed by atoms with van der Waals surface area (Å²) in [6.45, 7) is 1.77. The van der Waals surface area contributed by atoms with Crippen LogP contribution in [0.1, 0.15) is 24.0 Å². The summed E-state index contributed by atoms with van der Waals surface area (Å²) in [6.07, 6.45) is -3.62. The maximum atomic E-state index is 13.0. The fraction of sp³-hybridized carbons (Fsp3) is 0.500. The van der Waals surface area contributed by atoms with Crippen LogP contribution in [-0.2, 0) is 22.1 Å². The number of carbonyl (C=O) groups excluding carboxylic acids is 1. The highest BCUT2D eigenvalue weighted by Crippen LogP contribution is 2.34. The number of piperidine rings is 1. The quantitative estimate of drug-likeness (QED) is 0.578. The normalized spacial score (nSPS) is 29.2. The minimum absolute atomic E-state index is 0.00568. The van der Waals surface area contributed by atoms with Crippen LogP contribution >= 0.6 is 0 Å². The number of benzene rings is 2. The van der Waals surface area contributed by atoms with Gasteiger partial charge >= 0.3 is 12.2 Å². The van der Waals surface area contributed by atoms with Crippen LogP contribution < -0.4 is 10.6 Å². The van der Waals surface area contributed by atoms with E-state index in [2.05, 4.69) is 27.7 Å². The molecule has 0 saturated carbocycles. The third kappa shape index (κ3) is 5.51. The summed E-state index contributed by atoms with van der Waals surface area (Å²) in [5, 5.41) is 16.4. The number of nitrogens with zero attached hydrogens (tertiary/aromatic N) is 1. The number of anilines is 1. The zero-order valence-electron chi connectivity index (χ0n) is 19.7. The highest BCUT2D eigenvalue weighted by Gasteiger charge is 2.53. The molecule has 3 aliphatic heterocycles. The van der Waals surface area contributed by atoms with E-state index in [0.717, 1.165) is 44.5 Å². The lowest BCUT2D eigenvalue weighted by molar-refractivity contribution is -0.184. The van der Waals surface area contributed by atoms with Crippen molar-refractivity contribution in [2.45, 2.75) is 56.0 Å². The minimum atomic E-state index is -4.51. The third-order valence-electron chi connectivity index (χ3n) is 7.31. The zero-order chi connectivity index (χ0) is 25.3. The monoisotopic (exact) mass is 505 g/mol. The molecule has 0 radical (unpaired) electrons. The Kier molecular flexibility index (Phi) is 7.21. The number of hydrogen-bond donors (Lipinski definition) is 3. The Labute approximate surface area is 207 Å². The highest BCUT2D eigenvalue weighted by atomic mass is 19.4. The molecule has 2 amide bonds. The summed E-state index contributed by atoms with van der Waals surface area (Å²) in [5.41, 5.74) is 0.463. The molecule has 5 unspecified atom stereocenters. The van der Waals surface area contributed by atoms with Crippen LogP contribution in [0.3, 0.4) is 0 Å². The van der Waals surface area contributed by atoms with Gasteiger partial charge in [-0.2, -0.15) is 13.2 Å². The van der Waals surface area contributed by atoms with Crippen molar-refractivity contribution in [3.63, 3.8) is 0 Å². The van der Waals surface area contributed by atoms with Gasteiger partial charge < -0.3 is 25.2 Å². The van der Waals surface area contributed by atoms with Gasteiger partial charge in [0.1, 0.15) is 6.10 Å². The van der Waals surface area contributed by atoms with Gasteiger partial charge in [0.25, 0.3) is 0 Å². The predicted molar refractivity (Wildman–Crippen MR) is 126 cm³/mol. The number of halogens is 3. The number of fused-ring (bicyclic) bond motifs is 2. The molecule has 3 saturated heterocycles. The van der Waals surface area contributed by atoms with Crippen LogP contribution in [0.5, 0.6) is 0 Å². The molecule has 3 fully saturated rings. The zero-order valence-corrected chi connectivity index (χ0v) is 19.7. The Morgan fingerprint density at radius 2 is 1.83 bits per heavy atom. The standard InChI is InChI=1S/C26H30F3N3O4/c27-26(28,29)18-7-4-8-19(14-18)30-25(34)31-21-20-15-35-24(36-20)22(23(21)33)32-11-9-17(10-12-32)13-16-5-2-1-3-6-16/h1-8,14,17,20-24,33H,9-13,15H2,(H2,30,31,34). The van der Waals surface area contributed by atoms with Crippen LogP contribution in [0.25, 0.3) is 0 Å². The molecule has 36 heavy (non-hydrogen) atoms. The van der Waals surface area contributed by atoms with E-state index < -0.39 is 48.4 Å².